The first-order valence-electron chi connectivity index (χ1n) is 6.27. The summed E-state index contributed by atoms with van der Waals surface area (Å²) in [6.45, 7) is 2.02. The highest BCUT2D eigenvalue weighted by Crippen LogP contribution is 2.08. The summed E-state index contributed by atoms with van der Waals surface area (Å²) in [5.41, 5.74) is 0. The number of hydrogen-bond donors (Lipinski definition) is 1. The molecule has 1 N–H and O–H groups in total. The minimum atomic E-state index is -0.672. The fraction of sp³-hybridized carbons (Fsp3) is 0.643. The van der Waals surface area contributed by atoms with E-state index in [0.717, 1.165) is 19.3 Å². The molecule has 0 unspecified atom stereocenters. The molecule has 2 heteroatoms. The number of unbranched alkanes of at least 4 members (excludes halogenated alkanes) is 6. The van der Waals surface area contributed by atoms with E-state index in [1.807, 2.05) is 19.1 Å². The van der Waals surface area contributed by atoms with Crippen LogP contribution in [0.5, 0.6) is 0 Å². The molecule has 0 rings (SSSR count). The summed E-state index contributed by atoms with van der Waals surface area (Å²) in [6.07, 6.45) is 16.6. The normalized spacial score (nSPS) is 11.6. The van der Waals surface area contributed by atoms with Gasteiger partial charge >= 0.3 is 5.97 Å². The smallest absolute Gasteiger partial charge is 0.303 e. The molecule has 0 aromatic heterocycles. The third kappa shape index (κ3) is 12.9. The maximum atomic E-state index is 10.2. The Morgan fingerprint density at radius 1 is 1.00 bits per heavy atom. The molecule has 0 saturated carbocycles. The molecule has 92 valence electrons. The van der Waals surface area contributed by atoms with Crippen molar-refractivity contribution >= 4 is 5.97 Å². The standard InChI is InChI=1S/C14H24O2/c1-2-3-4-5-6-7-8-9-10-11-12-13-14(15)16/h2-5H,6-13H2,1H3,(H,15,16)/b3-2-,5-4+. The molecular formula is C14H24O2. The Morgan fingerprint density at radius 3 is 2.25 bits per heavy atom. The summed E-state index contributed by atoms with van der Waals surface area (Å²) in [7, 11) is 0. The van der Waals surface area contributed by atoms with Gasteiger partial charge in [0.25, 0.3) is 0 Å². The zero-order valence-corrected chi connectivity index (χ0v) is 10.3. The summed E-state index contributed by atoms with van der Waals surface area (Å²) in [5.74, 6) is -0.672. The number of aliphatic carboxylic acids is 1. The van der Waals surface area contributed by atoms with Crippen LogP contribution in [0.25, 0.3) is 0 Å². The molecule has 2 nitrogen and oxygen atoms in total. The number of rotatable bonds is 10. The summed E-state index contributed by atoms with van der Waals surface area (Å²) in [6, 6.07) is 0. The zero-order valence-electron chi connectivity index (χ0n) is 10.3. The lowest BCUT2D eigenvalue weighted by Crippen LogP contribution is -1.93. The molecule has 0 aliphatic carbocycles. The Morgan fingerprint density at radius 2 is 1.62 bits per heavy atom. The molecule has 0 aliphatic rings. The Hall–Kier alpha value is -1.05. The van der Waals surface area contributed by atoms with Gasteiger partial charge in [0.1, 0.15) is 0 Å². The number of carboxylic acid groups (broad SMARTS) is 1. The predicted molar refractivity (Wildman–Crippen MR) is 68.5 cm³/mol. The van der Waals surface area contributed by atoms with Gasteiger partial charge in [0.05, 0.1) is 0 Å². The lowest BCUT2D eigenvalue weighted by molar-refractivity contribution is -0.137. The molecule has 0 heterocycles. The highest BCUT2D eigenvalue weighted by molar-refractivity contribution is 5.66. The molecule has 0 spiro atoms. The van der Waals surface area contributed by atoms with Gasteiger partial charge in [-0.1, -0.05) is 50.0 Å². The first-order chi connectivity index (χ1) is 7.77. The van der Waals surface area contributed by atoms with Crippen molar-refractivity contribution in [2.45, 2.75) is 58.3 Å². The van der Waals surface area contributed by atoms with Crippen LogP contribution in [0.3, 0.4) is 0 Å². The SMILES string of the molecule is C/C=C\C=C\CCCCCCCCC(=O)O. The van der Waals surface area contributed by atoms with Crippen molar-refractivity contribution in [2.75, 3.05) is 0 Å². The van der Waals surface area contributed by atoms with Crippen LogP contribution < -0.4 is 0 Å². The second kappa shape index (κ2) is 12.0. The first kappa shape index (κ1) is 14.9. The van der Waals surface area contributed by atoms with Crippen LogP contribution in [0, 0.1) is 0 Å². The quantitative estimate of drug-likeness (QED) is 0.443. The van der Waals surface area contributed by atoms with E-state index in [0.29, 0.717) is 6.42 Å². The van der Waals surface area contributed by atoms with Gasteiger partial charge in [-0.15, -0.1) is 0 Å². The number of hydrogen-bond acceptors (Lipinski definition) is 1. The molecule has 0 radical (unpaired) electrons. The number of carboxylic acids is 1. The Labute approximate surface area is 99.1 Å². The highest BCUT2D eigenvalue weighted by atomic mass is 16.4. The van der Waals surface area contributed by atoms with Crippen LogP contribution in [-0.4, -0.2) is 11.1 Å². The van der Waals surface area contributed by atoms with Crippen LogP contribution in [0.4, 0.5) is 0 Å². The predicted octanol–water partition coefficient (Wildman–Crippen LogP) is 4.32. The lowest BCUT2D eigenvalue weighted by atomic mass is 10.1. The molecule has 0 aromatic carbocycles. The fourth-order valence-corrected chi connectivity index (χ4v) is 1.53. The summed E-state index contributed by atoms with van der Waals surface area (Å²) in [4.78, 5) is 10.2. The van der Waals surface area contributed by atoms with Gasteiger partial charge < -0.3 is 5.11 Å². The monoisotopic (exact) mass is 224 g/mol. The van der Waals surface area contributed by atoms with Crippen molar-refractivity contribution in [1.82, 2.24) is 0 Å². The highest BCUT2D eigenvalue weighted by Gasteiger charge is 1.95. The van der Waals surface area contributed by atoms with Gasteiger partial charge in [0.15, 0.2) is 0 Å². The second-order valence-corrected chi connectivity index (χ2v) is 4.01. The number of carbonyl (C=O) groups is 1. The van der Waals surface area contributed by atoms with Crippen molar-refractivity contribution in [2.24, 2.45) is 0 Å². The molecule has 0 aliphatic heterocycles. The van der Waals surface area contributed by atoms with E-state index in [-0.39, 0.29) is 0 Å². The third-order valence-electron chi connectivity index (χ3n) is 2.45. The van der Waals surface area contributed by atoms with E-state index in [1.165, 1.54) is 25.7 Å². The van der Waals surface area contributed by atoms with Gasteiger partial charge in [-0.25, -0.2) is 0 Å². The summed E-state index contributed by atoms with van der Waals surface area (Å²) in [5, 5.41) is 8.44. The minimum Gasteiger partial charge on any atom is -0.481 e. The molecule has 16 heavy (non-hydrogen) atoms. The van der Waals surface area contributed by atoms with Crippen LogP contribution in [0.15, 0.2) is 24.3 Å². The molecule has 0 atom stereocenters. The van der Waals surface area contributed by atoms with Crippen molar-refractivity contribution in [3.63, 3.8) is 0 Å². The van der Waals surface area contributed by atoms with Crippen molar-refractivity contribution in [3.8, 4) is 0 Å². The first-order valence-corrected chi connectivity index (χ1v) is 6.27. The van der Waals surface area contributed by atoms with Gasteiger partial charge in [0, 0.05) is 6.42 Å². The molecule has 0 bridgehead atoms. The van der Waals surface area contributed by atoms with E-state index in [1.54, 1.807) is 0 Å². The Balaban J connectivity index is 3.07. The lowest BCUT2D eigenvalue weighted by Gasteiger charge is -1.98. The van der Waals surface area contributed by atoms with E-state index in [9.17, 15) is 4.79 Å². The van der Waals surface area contributed by atoms with Crippen molar-refractivity contribution in [1.29, 1.82) is 0 Å². The molecule has 0 amide bonds. The van der Waals surface area contributed by atoms with Crippen LogP contribution in [-0.2, 0) is 4.79 Å². The van der Waals surface area contributed by atoms with Gasteiger partial charge in [-0.2, -0.15) is 0 Å². The Bertz CT molecular complexity index is 217. The fourth-order valence-electron chi connectivity index (χ4n) is 1.53. The zero-order chi connectivity index (χ0) is 12.1. The van der Waals surface area contributed by atoms with Crippen LogP contribution in [0.1, 0.15) is 58.3 Å². The molecule has 0 fully saturated rings. The molecule has 0 saturated heterocycles. The van der Waals surface area contributed by atoms with Gasteiger partial charge in [0.2, 0.25) is 0 Å². The maximum Gasteiger partial charge on any atom is 0.303 e. The largest absolute Gasteiger partial charge is 0.481 e. The second-order valence-electron chi connectivity index (χ2n) is 4.01. The van der Waals surface area contributed by atoms with Gasteiger partial charge in [-0.3, -0.25) is 4.79 Å². The number of allylic oxidation sites excluding steroid dienone is 4. The summed E-state index contributed by atoms with van der Waals surface area (Å²) < 4.78 is 0. The Kier molecular flexibility index (Phi) is 11.2. The maximum absolute atomic E-state index is 10.2. The van der Waals surface area contributed by atoms with E-state index in [2.05, 4.69) is 12.2 Å². The topological polar surface area (TPSA) is 37.3 Å². The third-order valence-corrected chi connectivity index (χ3v) is 2.45. The van der Waals surface area contributed by atoms with E-state index < -0.39 is 5.97 Å². The average molecular weight is 224 g/mol. The minimum absolute atomic E-state index is 0.325. The van der Waals surface area contributed by atoms with Crippen LogP contribution in [0.2, 0.25) is 0 Å². The van der Waals surface area contributed by atoms with E-state index in [4.69, 9.17) is 5.11 Å². The summed E-state index contributed by atoms with van der Waals surface area (Å²) >= 11 is 0. The molecule has 0 aromatic rings. The van der Waals surface area contributed by atoms with Crippen molar-refractivity contribution in [3.05, 3.63) is 24.3 Å². The van der Waals surface area contributed by atoms with E-state index >= 15 is 0 Å². The van der Waals surface area contributed by atoms with Gasteiger partial charge in [-0.05, 0) is 26.2 Å². The molecular weight excluding hydrogens is 200 g/mol. The van der Waals surface area contributed by atoms with Crippen LogP contribution >= 0.6 is 0 Å². The average Bonchev–Trinajstić information content (AvgIpc) is 2.25. The van der Waals surface area contributed by atoms with Crippen molar-refractivity contribution < 1.29 is 9.90 Å².